The Kier molecular flexibility index (Phi) is 6.38. The Balaban J connectivity index is 1.74. The number of halogens is 1. The quantitative estimate of drug-likeness (QED) is 0.538. The van der Waals surface area contributed by atoms with Crippen LogP contribution in [-0.4, -0.2) is 39.2 Å². The van der Waals surface area contributed by atoms with Crippen LogP contribution in [0.4, 0.5) is 21.9 Å². The van der Waals surface area contributed by atoms with E-state index in [1.807, 2.05) is 25.1 Å². The number of nitrogens with one attached hydrogen (secondary N) is 1. The molecule has 1 aliphatic heterocycles. The molecule has 0 bridgehead atoms. The normalized spacial score (nSPS) is 15.6. The Morgan fingerprint density at radius 2 is 1.56 bits per heavy atom. The molecule has 176 valence electrons. The molecule has 1 unspecified atom stereocenters. The zero-order valence-corrected chi connectivity index (χ0v) is 20.5. The number of amides is 3. The predicted molar refractivity (Wildman–Crippen MR) is 135 cm³/mol. The Bertz CT molecular complexity index is 1360. The number of urea groups is 1. The average Bonchev–Trinajstić information content (AvgIpc) is 2.79. The first kappa shape index (κ1) is 23.8. The smallest absolute Gasteiger partial charge is 0.308 e. The van der Waals surface area contributed by atoms with Crippen LogP contribution >= 0.6 is 11.6 Å². The highest BCUT2D eigenvalue weighted by molar-refractivity contribution is 7.90. The summed E-state index contributed by atoms with van der Waals surface area (Å²) < 4.78 is 23.6. The summed E-state index contributed by atoms with van der Waals surface area (Å²) in [4.78, 5) is 29.2. The van der Waals surface area contributed by atoms with E-state index in [1.165, 1.54) is 6.92 Å². The molecule has 0 radical (unpaired) electrons. The third-order valence-corrected chi connectivity index (χ3v) is 7.09. The standard InChI is InChI=1S/C25H24ClN3O4S/c1-16-15-28(25(31)27-21-9-7-20(26)8-10-21)24-14-19(6-13-23(24)29(16)17(2)30)18-4-11-22(12-5-18)34(3,32)33/h4-14,16H,15H2,1-3H3,(H,27,31). The van der Waals surface area contributed by atoms with Crippen molar-refractivity contribution in [2.75, 3.05) is 27.9 Å². The molecule has 1 heterocycles. The van der Waals surface area contributed by atoms with Gasteiger partial charge in [-0.3, -0.25) is 9.69 Å². The van der Waals surface area contributed by atoms with Crippen molar-refractivity contribution in [2.45, 2.75) is 24.8 Å². The van der Waals surface area contributed by atoms with E-state index in [9.17, 15) is 18.0 Å². The van der Waals surface area contributed by atoms with Gasteiger partial charge in [0, 0.05) is 30.4 Å². The van der Waals surface area contributed by atoms with Crippen LogP contribution in [0.2, 0.25) is 5.02 Å². The Morgan fingerprint density at radius 3 is 2.15 bits per heavy atom. The van der Waals surface area contributed by atoms with E-state index in [4.69, 9.17) is 11.6 Å². The molecule has 4 rings (SSSR count). The minimum absolute atomic E-state index is 0.114. The van der Waals surface area contributed by atoms with Gasteiger partial charge in [0.1, 0.15) is 0 Å². The molecular weight excluding hydrogens is 474 g/mol. The van der Waals surface area contributed by atoms with Crippen LogP contribution in [0, 0.1) is 0 Å². The number of nitrogens with zero attached hydrogens (tertiary/aromatic N) is 2. The van der Waals surface area contributed by atoms with E-state index in [1.54, 1.807) is 58.3 Å². The number of carbonyl (C=O) groups is 2. The summed E-state index contributed by atoms with van der Waals surface area (Å²) in [6.45, 7) is 3.70. The number of hydrogen-bond acceptors (Lipinski definition) is 4. The van der Waals surface area contributed by atoms with Gasteiger partial charge < -0.3 is 10.2 Å². The predicted octanol–water partition coefficient (Wildman–Crippen LogP) is 5.20. The van der Waals surface area contributed by atoms with Crippen LogP contribution < -0.4 is 15.1 Å². The molecule has 1 aliphatic rings. The molecule has 1 atom stereocenters. The second kappa shape index (κ2) is 9.12. The lowest BCUT2D eigenvalue weighted by Crippen LogP contribution is -2.52. The van der Waals surface area contributed by atoms with Crippen LogP contribution in [-0.2, 0) is 14.6 Å². The highest BCUT2D eigenvalue weighted by Crippen LogP contribution is 2.39. The molecule has 0 fully saturated rings. The number of rotatable bonds is 3. The Hall–Kier alpha value is -3.36. The summed E-state index contributed by atoms with van der Waals surface area (Å²) in [5.74, 6) is -0.114. The van der Waals surface area contributed by atoms with Crippen LogP contribution in [0.25, 0.3) is 11.1 Å². The third kappa shape index (κ3) is 4.78. The summed E-state index contributed by atoms with van der Waals surface area (Å²) in [6, 6.07) is 18.4. The van der Waals surface area contributed by atoms with Crippen LogP contribution in [0.1, 0.15) is 13.8 Å². The molecule has 0 saturated heterocycles. The summed E-state index contributed by atoms with van der Waals surface area (Å²) >= 11 is 5.94. The topological polar surface area (TPSA) is 86.8 Å². The maximum absolute atomic E-state index is 13.3. The number of sulfone groups is 1. The van der Waals surface area contributed by atoms with Crippen molar-refractivity contribution >= 4 is 50.4 Å². The molecule has 34 heavy (non-hydrogen) atoms. The number of benzene rings is 3. The van der Waals surface area contributed by atoms with Crippen molar-refractivity contribution in [1.29, 1.82) is 0 Å². The second-order valence-electron chi connectivity index (χ2n) is 8.29. The van der Waals surface area contributed by atoms with Crippen molar-refractivity contribution in [3.63, 3.8) is 0 Å². The van der Waals surface area contributed by atoms with Crippen molar-refractivity contribution < 1.29 is 18.0 Å². The van der Waals surface area contributed by atoms with Crippen molar-refractivity contribution in [3.05, 3.63) is 71.8 Å². The second-order valence-corrected chi connectivity index (χ2v) is 10.7. The summed E-state index contributed by atoms with van der Waals surface area (Å²) in [5.41, 5.74) is 3.41. The lowest BCUT2D eigenvalue weighted by molar-refractivity contribution is -0.117. The van der Waals surface area contributed by atoms with Gasteiger partial charge >= 0.3 is 6.03 Å². The number of anilines is 3. The first-order valence-corrected chi connectivity index (χ1v) is 12.9. The largest absolute Gasteiger partial charge is 0.326 e. The van der Waals surface area contributed by atoms with Crippen LogP contribution in [0.15, 0.2) is 71.6 Å². The average molecular weight is 498 g/mol. The van der Waals surface area contributed by atoms with E-state index >= 15 is 0 Å². The fourth-order valence-corrected chi connectivity index (χ4v) is 4.85. The van der Waals surface area contributed by atoms with Gasteiger partial charge in [-0.2, -0.15) is 0 Å². The zero-order valence-electron chi connectivity index (χ0n) is 18.9. The van der Waals surface area contributed by atoms with E-state index < -0.39 is 9.84 Å². The molecule has 9 heteroatoms. The number of carbonyl (C=O) groups excluding carboxylic acids is 2. The first-order valence-electron chi connectivity index (χ1n) is 10.6. The van der Waals surface area contributed by atoms with Gasteiger partial charge in [0.2, 0.25) is 5.91 Å². The van der Waals surface area contributed by atoms with Gasteiger partial charge in [-0.1, -0.05) is 29.8 Å². The van der Waals surface area contributed by atoms with Crippen LogP contribution in [0.5, 0.6) is 0 Å². The summed E-state index contributed by atoms with van der Waals surface area (Å²) in [5, 5.41) is 3.45. The van der Waals surface area contributed by atoms with Gasteiger partial charge in [0.05, 0.1) is 22.3 Å². The molecule has 3 amide bonds. The highest BCUT2D eigenvalue weighted by atomic mass is 35.5. The molecule has 1 N–H and O–H groups in total. The number of hydrogen-bond donors (Lipinski definition) is 1. The maximum atomic E-state index is 13.3. The molecule has 0 saturated carbocycles. The zero-order chi connectivity index (χ0) is 24.6. The van der Waals surface area contributed by atoms with Crippen LogP contribution in [0.3, 0.4) is 0 Å². The molecular formula is C25H24ClN3O4S. The van der Waals surface area contributed by atoms with Crippen molar-refractivity contribution in [2.24, 2.45) is 0 Å². The first-order chi connectivity index (χ1) is 16.0. The van der Waals surface area contributed by atoms with Gasteiger partial charge in [0.15, 0.2) is 9.84 Å². The summed E-state index contributed by atoms with van der Waals surface area (Å²) in [6.07, 6.45) is 1.16. The highest BCUT2D eigenvalue weighted by Gasteiger charge is 2.34. The molecule has 3 aromatic rings. The summed E-state index contributed by atoms with van der Waals surface area (Å²) in [7, 11) is -3.31. The third-order valence-electron chi connectivity index (χ3n) is 5.71. The SMILES string of the molecule is CC(=O)N1c2ccc(-c3ccc(S(C)(=O)=O)cc3)cc2N(C(=O)Nc2ccc(Cl)cc2)CC1C. The monoisotopic (exact) mass is 497 g/mol. The van der Waals surface area contributed by atoms with Gasteiger partial charge in [0.25, 0.3) is 0 Å². The van der Waals surface area contributed by atoms with Crippen molar-refractivity contribution in [1.82, 2.24) is 0 Å². The van der Waals surface area contributed by atoms with E-state index in [2.05, 4.69) is 5.32 Å². The van der Waals surface area contributed by atoms with E-state index in [0.29, 0.717) is 28.6 Å². The van der Waals surface area contributed by atoms with Gasteiger partial charge in [-0.05, 0) is 66.6 Å². The Morgan fingerprint density at radius 1 is 0.941 bits per heavy atom. The van der Waals surface area contributed by atoms with Gasteiger partial charge in [-0.25, -0.2) is 13.2 Å². The van der Waals surface area contributed by atoms with Crippen molar-refractivity contribution in [3.8, 4) is 11.1 Å². The molecule has 7 nitrogen and oxygen atoms in total. The molecule has 0 aromatic heterocycles. The Labute approximate surface area is 203 Å². The number of fused-ring (bicyclic) bond motifs is 1. The minimum atomic E-state index is -3.31. The van der Waals surface area contributed by atoms with E-state index in [-0.39, 0.29) is 22.9 Å². The van der Waals surface area contributed by atoms with E-state index in [0.717, 1.165) is 17.4 Å². The maximum Gasteiger partial charge on any atom is 0.326 e. The lowest BCUT2D eigenvalue weighted by atomic mass is 10.0. The fraction of sp³-hybridized carbons (Fsp3) is 0.200. The molecule has 0 spiro atoms. The fourth-order valence-electron chi connectivity index (χ4n) is 4.10. The lowest BCUT2D eigenvalue weighted by Gasteiger charge is -2.40. The van der Waals surface area contributed by atoms with Gasteiger partial charge in [-0.15, -0.1) is 0 Å². The molecule has 3 aromatic carbocycles. The minimum Gasteiger partial charge on any atom is -0.308 e. The molecule has 0 aliphatic carbocycles.